The normalized spacial score (nSPS) is 15.5. The van der Waals surface area contributed by atoms with Crippen LogP contribution in [-0.2, 0) is 16.2 Å². The summed E-state index contributed by atoms with van der Waals surface area (Å²) in [6.07, 6.45) is 0. The first-order chi connectivity index (χ1) is 23.9. The lowest BCUT2D eigenvalue weighted by Gasteiger charge is -2.44. The van der Waals surface area contributed by atoms with Gasteiger partial charge in [-0.05, 0) is 98.0 Å². The molecule has 1 aliphatic heterocycles. The predicted molar refractivity (Wildman–Crippen MR) is 209 cm³/mol. The second-order valence-corrected chi connectivity index (χ2v) is 16.2. The van der Waals surface area contributed by atoms with Crippen molar-refractivity contribution in [3.63, 3.8) is 0 Å². The highest BCUT2D eigenvalue weighted by Gasteiger charge is 2.45. The Balaban J connectivity index is 1.19. The lowest BCUT2D eigenvalue weighted by molar-refractivity contribution is 0.587. The zero-order valence-corrected chi connectivity index (χ0v) is 29.8. The number of nitrogens with zero attached hydrogens (tertiary/aromatic N) is 1. The van der Waals surface area contributed by atoms with Gasteiger partial charge < -0.3 is 9.32 Å². The molecule has 0 fully saturated rings. The fourth-order valence-electron chi connectivity index (χ4n) is 8.61. The van der Waals surface area contributed by atoms with E-state index < -0.39 is 0 Å². The summed E-state index contributed by atoms with van der Waals surface area (Å²) in [7, 11) is 0. The fourth-order valence-corrected chi connectivity index (χ4v) is 8.61. The maximum Gasteiger partial charge on any atom is 0.200 e. The van der Waals surface area contributed by atoms with Crippen molar-refractivity contribution in [2.75, 3.05) is 4.90 Å². The van der Waals surface area contributed by atoms with Crippen molar-refractivity contribution in [1.82, 2.24) is 0 Å². The van der Waals surface area contributed by atoms with Gasteiger partial charge in [-0.15, -0.1) is 0 Å². The van der Waals surface area contributed by atoms with Gasteiger partial charge in [0, 0.05) is 16.5 Å². The third kappa shape index (κ3) is 4.25. The SMILES string of the molecule is CC(C)(C)c1ccc2c(=O)c3ccc(-c4ccc(N5c6ccccc6C(C)(C)c6ccc7c(c65)C(C)(C)c5ccccc5-7)cc4)cc3oc2c1. The lowest BCUT2D eigenvalue weighted by Crippen LogP contribution is -2.33. The van der Waals surface area contributed by atoms with Crippen molar-refractivity contribution in [3.8, 4) is 22.3 Å². The first-order valence-electron chi connectivity index (χ1n) is 17.6. The van der Waals surface area contributed by atoms with E-state index >= 15 is 0 Å². The van der Waals surface area contributed by atoms with Crippen LogP contribution in [-0.4, -0.2) is 0 Å². The van der Waals surface area contributed by atoms with Crippen molar-refractivity contribution >= 4 is 39.0 Å². The van der Waals surface area contributed by atoms with E-state index in [0.717, 1.165) is 22.4 Å². The van der Waals surface area contributed by atoms with E-state index in [2.05, 4.69) is 138 Å². The summed E-state index contributed by atoms with van der Waals surface area (Å²) >= 11 is 0. The first kappa shape index (κ1) is 30.6. The van der Waals surface area contributed by atoms with E-state index in [-0.39, 0.29) is 21.7 Å². The minimum absolute atomic E-state index is 0.00608. The average Bonchev–Trinajstić information content (AvgIpc) is 3.34. The van der Waals surface area contributed by atoms with Crippen molar-refractivity contribution < 1.29 is 4.42 Å². The van der Waals surface area contributed by atoms with Crippen LogP contribution in [0, 0.1) is 0 Å². The largest absolute Gasteiger partial charge is 0.456 e. The third-order valence-corrected chi connectivity index (χ3v) is 11.4. The Kier molecular flexibility index (Phi) is 6.31. The Bertz CT molecular complexity index is 2600. The fraction of sp³-hybridized carbons (Fsp3) is 0.213. The molecular weight excluding hydrogens is 611 g/mol. The van der Waals surface area contributed by atoms with Gasteiger partial charge in [-0.1, -0.05) is 127 Å². The van der Waals surface area contributed by atoms with Gasteiger partial charge in [0.15, 0.2) is 0 Å². The molecule has 246 valence electrons. The molecule has 0 bridgehead atoms. The van der Waals surface area contributed by atoms with Crippen LogP contribution in [0.15, 0.2) is 131 Å². The molecular formula is C47H41NO2. The number of fused-ring (bicyclic) bond motifs is 8. The van der Waals surface area contributed by atoms with Crippen LogP contribution in [0.1, 0.15) is 76.3 Å². The van der Waals surface area contributed by atoms with E-state index in [0.29, 0.717) is 21.9 Å². The van der Waals surface area contributed by atoms with Crippen LogP contribution in [0.5, 0.6) is 0 Å². The van der Waals surface area contributed by atoms with Crippen LogP contribution in [0.25, 0.3) is 44.2 Å². The van der Waals surface area contributed by atoms with Gasteiger partial charge in [-0.3, -0.25) is 4.79 Å². The van der Waals surface area contributed by atoms with Crippen molar-refractivity contribution in [1.29, 1.82) is 0 Å². The molecule has 2 heterocycles. The molecule has 0 radical (unpaired) electrons. The standard InChI is InChI=1S/C47H41NO2/c1-45(2,3)30-19-23-35-41(27-30)50-40-26-29(18-22-34(40)44(35)49)28-16-20-31(21-17-28)48-39-15-11-10-14-37(39)46(4,5)38-25-24-33-32-12-8-9-13-36(32)47(6,7)42(33)43(38)48/h8-27H,1-7H3. The molecule has 9 rings (SSSR count). The van der Waals surface area contributed by atoms with Crippen LogP contribution in [0.4, 0.5) is 17.1 Å². The van der Waals surface area contributed by atoms with Crippen molar-refractivity contribution in [2.24, 2.45) is 0 Å². The topological polar surface area (TPSA) is 33.5 Å². The van der Waals surface area contributed by atoms with Crippen LogP contribution < -0.4 is 10.3 Å². The highest BCUT2D eigenvalue weighted by Crippen LogP contribution is 2.60. The Hall–Kier alpha value is -5.41. The predicted octanol–water partition coefficient (Wildman–Crippen LogP) is 12.3. The highest BCUT2D eigenvalue weighted by atomic mass is 16.3. The first-order valence-corrected chi connectivity index (χ1v) is 17.6. The van der Waals surface area contributed by atoms with Gasteiger partial charge in [0.2, 0.25) is 5.43 Å². The summed E-state index contributed by atoms with van der Waals surface area (Å²) in [4.78, 5) is 16.0. The number of benzene rings is 6. The molecule has 3 nitrogen and oxygen atoms in total. The number of para-hydroxylation sites is 1. The number of hydrogen-bond acceptors (Lipinski definition) is 3. The molecule has 6 aromatic carbocycles. The molecule has 0 spiro atoms. The average molecular weight is 652 g/mol. The van der Waals surface area contributed by atoms with E-state index in [1.54, 1.807) is 0 Å². The smallest absolute Gasteiger partial charge is 0.200 e. The van der Waals surface area contributed by atoms with Gasteiger partial charge in [0.1, 0.15) is 11.2 Å². The molecule has 2 aliphatic rings. The molecule has 0 unspecified atom stereocenters. The Morgan fingerprint density at radius 1 is 0.580 bits per heavy atom. The molecule has 3 heteroatoms. The minimum Gasteiger partial charge on any atom is -0.456 e. The second-order valence-electron chi connectivity index (χ2n) is 16.2. The molecule has 7 aromatic rings. The number of hydrogen-bond donors (Lipinski definition) is 0. The summed E-state index contributed by atoms with van der Waals surface area (Å²) in [6.45, 7) is 16.0. The quantitative estimate of drug-likeness (QED) is 0.174. The zero-order chi connectivity index (χ0) is 34.7. The molecule has 50 heavy (non-hydrogen) atoms. The summed E-state index contributed by atoms with van der Waals surface area (Å²) in [6, 6.07) is 43.2. The van der Waals surface area contributed by atoms with Crippen LogP contribution >= 0.6 is 0 Å². The Labute approximate surface area is 293 Å². The molecule has 0 amide bonds. The third-order valence-electron chi connectivity index (χ3n) is 11.4. The van der Waals surface area contributed by atoms with Crippen LogP contribution in [0.3, 0.4) is 0 Å². The highest BCUT2D eigenvalue weighted by molar-refractivity contribution is 5.96. The van der Waals surface area contributed by atoms with Gasteiger partial charge in [-0.2, -0.15) is 0 Å². The summed E-state index contributed by atoms with van der Waals surface area (Å²) in [5.74, 6) is 0. The number of anilines is 3. The van der Waals surface area contributed by atoms with E-state index in [1.165, 1.54) is 44.8 Å². The summed E-state index contributed by atoms with van der Waals surface area (Å²) in [5, 5.41) is 1.22. The molecule has 1 aromatic heterocycles. The lowest BCUT2D eigenvalue weighted by atomic mass is 9.70. The van der Waals surface area contributed by atoms with Crippen LogP contribution in [0.2, 0.25) is 0 Å². The summed E-state index contributed by atoms with van der Waals surface area (Å²) < 4.78 is 6.42. The minimum atomic E-state index is -0.172. The molecule has 1 aliphatic carbocycles. The zero-order valence-electron chi connectivity index (χ0n) is 29.8. The molecule has 0 saturated carbocycles. The van der Waals surface area contributed by atoms with Crippen molar-refractivity contribution in [2.45, 2.75) is 64.7 Å². The van der Waals surface area contributed by atoms with E-state index in [1.807, 2.05) is 36.4 Å². The Morgan fingerprint density at radius 3 is 1.96 bits per heavy atom. The van der Waals surface area contributed by atoms with Gasteiger partial charge in [0.25, 0.3) is 0 Å². The van der Waals surface area contributed by atoms with Crippen molar-refractivity contribution in [3.05, 3.63) is 159 Å². The van der Waals surface area contributed by atoms with E-state index in [9.17, 15) is 4.79 Å². The van der Waals surface area contributed by atoms with Gasteiger partial charge in [-0.25, -0.2) is 0 Å². The second kappa shape index (κ2) is 10.3. The van der Waals surface area contributed by atoms with Gasteiger partial charge >= 0.3 is 0 Å². The maximum atomic E-state index is 13.5. The Morgan fingerprint density at radius 2 is 1.22 bits per heavy atom. The monoisotopic (exact) mass is 651 g/mol. The molecule has 0 saturated heterocycles. The molecule has 0 N–H and O–H groups in total. The van der Waals surface area contributed by atoms with E-state index in [4.69, 9.17) is 4.42 Å². The molecule has 0 atom stereocenters. The summed E-state index contributed by atoms with van der Waals surface area (Å²) in [5.41, 5.74) is 15.8. The number of rotatable bonds is 2. The maximum absolute atomic E-state index is 13.5. The van der Waals surface area contributed by atoms with Gasteiger partial charge in [0.05, 0.1) is 22.1 Å².